The van der Waals surface area contributed by atoms with Gasteiger partial charge in [0, 0.05) is 25.4 Å². The van der Waals surface area contributed by atoms with Crippen LogP contribution in [0.3, 0.4) is 0 Å². The van der Waals surface area contributed by atoms with Gasteiger partial charge in [-0.1, -0.05) is 6.92 Å². The fraction of sp³-hybridized carbons (Fsp3) is 0.727. The van der Waals surface area contributed by atoms with E-state index in [-0.39, 0.29) is 0 Å². The van der Waals surface area contributed by atoms with Crippen molar-refractivity contribution in [1.29, 1.82) is 0 Å². The lowest BCUT2D eigenvalue weighted by Crippen LogP contribution is -2.19. The van der Waals surface area contributed by atoms with E-state index in [9.17, 15) is 0 Å². The van der Waals surface area contributed by atoms with E-state index < -0.39 is 0 Å². The molecule has 1 aromatic rings. The molecule has 1 aromatic heterocycles. The van der Waals surface area contributed by atoms with Gasteiger partial charge in [0.25, 0.3) is 0 Å². The van der Waals surface area contributed by atoms with Crippen LogP contribution in [0.2, 0.25) is 0 Å². The maximum atomic E-state index is 4.41. The van der Waals surface area contributed by atoms with Crippen molar-refractivity contribution in [3.8, 4) is 0 Å². The zero-order valence-electron chi connectivity index (χ0n) is 10.0. The lowest BCUT2D eigenvalue weighted by molar-refractivity contribution is 0.623. The summed E-state index contributed by atoms with van der Waals surface area (Å²) in [4.78, 5) is 0. The van der Waals surface area contributed by atoms with Crippen LogP contribution in [0.25, 0.3) is 0 Å². The highest BCUT2D eigenvalue weighted by Crippen LogP contribution is 2.06. The van der Waals surface area contributed by atoms with E-state index in [1.54, 1.807) is 0 Å². The van der Waals surface area contributed by atoms with Gasteiger partial charge in [-0.3, -0.25) is 4.68 Å². The molecule has 0 bridgehead atoms. The van der Waals surface area contributed by atoms with Crippen molar-refractivity contribution in [1.82, 2.24) is 20.4 Å². The number of nitrogens with zero attached hydrogens (tertiary/aromatic N) is 2. The Kier molecular flexibility index (Phi) is 5.36. The third-order valence-corrected chi connectivity index (χ3v) is 2.42. The number of aryl methyl sites for hydroxylation is 2. The van der Waals surface area contributed by atoms with Crippen LogP contribution in [0.15, 0.2) is 6.20 Å². The molecule has 0 amide bonds. The van der Waals surface area contributed by atoms with Gasteiger partial charge in [0.15, 0.2) is 0 Å². The first-order valence-corrected chi connectivity index (χ1v) is 5.64. The zero-order valence-corrected chi connectivity index (χ0v) is 10.0. The van der Waals surface area contributed by atoms with E-state index in [1.165, 1.54) is 11.3 Å². The molecule has 0 saturated heterocycles. The van der Waals surface area contributed by atoms with Crippen LogP contribution >= 0.6 is 0 Å². The first kappa shape index (κ1) is 12.2. The van der Waals surface area contributed by atoms with Gasteiger partial charge in [0.2, 0.25) is 0 Å². The molecule has 4 heteroatoms. The van der Waals surface area contributed by atoms with E-state index in [1.807, 2.05) is 18.8 Å². The topological polar surface area (TPSA) is 41.9 Å². The summed E-state index contributed by atoms with van der Waals surface area (Å²) in [7, 11) is 3.96. The number of aromatic nitrogens is 2. The van der Waals surface area contributed by atoms with Crippen molar-refractivity contribution in [2.24, 2.45) is 7.05 Å². The summed E-state index contributed by atoms with van der Waals surface area (Å²) in [5.74, 6) is 0. The van der Waals surface area contributed by atoms with Crippen molar-refractivity contribution in [3.63, 3.8) is 0 Å². The van der Waals surface area contributed by atoms with Gasteiger partial charge in [-0.25, -0.2) is 0 Å². The number of hydrogen-bond acceptors (Lipinski definition) is 3. The maximum Gasteiger partial charge on any atom is 0.0666 e. The third-order valence-electron chi connectivity index (χ3n) is 2.42. The molecule has 86 valence electrons. The minimum Gasteiger partial charge on any atom is -0.320 e. The summed E-state index contributed by atoms with van der Waals surface area (Å²) in [6, 6.07) is 0. The molecule has 0 saturated carbocycles. The number of rotatable bonds is 7. The lowest BCUT2D eigenvalue weighted by atomic mass is 10.2. The van der Waals surface area contributed by atoms with Crippen molar-refractivity contribution in [2.45, 2.75) is 26.3 Å². The number of nitrogens with one attached hydrogen (secondary N) is 2. The normalized spacial score (nSPS) is 10.9. The standard InChI is InChI=1S/C11H22N4/c1-4-11-10(9-15(3)14-11)8-13-7-5-6-12-2/h9,12-13H,4-8H2,1-3H3. The Morgan fingerprint density at radius 3 is 2.87 bits per heavy atom. The molecule has 4 nitrogen and oxygen atoms in total. The molecule has 0 aliphatic heterocycles. The molecule has 1 heterocycles. The van der Waals surface area contributed by atoms with E-state index in [0.29, 0.717) is 0 Å². The first-order valence-electron chi connectivity index (χ1n) is 5.64. The summed E-state index contributed by atoms with van der Waals surface area (Å²) in [5.41, 5.74) is 2.53. The summed E-state index contributed by atoms with van der Waals surface area (Å²) < 4.78 is 1.89. The molecule has 0 spiro atoms. The van der Waals surface area contributed by atoms with Crippen LogP contribution in [0, 0.1) is 0 Å². The Morgan fingerprint density at radius 1 is 1.40 bits per heavy atom. The van der Waals surface area contributed by atoms with E-state index in [2.05, 4.69) is 28.9 Å². The van der Waals surface area contributed by atoms with Crippen LogP contribution < -0.4 is 10.6 Å². The van der Waals surface area contributed by atoms with Crippen LogP contribution in [0.1, 0.15) is 24.6 Å². The summed E-state index contributed by atoms with van der Waals surface area (Å²) in [6.45, 7) is 5.20. The van der Waals surface area contributed by atoms with Crippen molar-refractivity contribution in [3.05, 3.63) is 17.5 Å². The molecule has 1 rings (SSSR count). The van der Waals surface area contributed by atoms with Gasteiger partial charge in [-0.05, 0) is 33.0 Å². The maximum absolute atomic E-state index is 4.41. The fourth-order valence-corrected chi connectivity index (χ4v) is 1.64. The predicted octanol–water partition coefficient (Wildman–Crippen LogP) is 0.682. The van der Waals surface area contributed by atoms with Crippen LogP contribution in [-0.2, 0) is 20.0 Å². The molecule has 0 fully saturated rings. The Bertz CT molecular complexity index is 280. The van der Waals surface area contributed by atoms with Crippen molar-refractivity contribution >= 4 is 0 Å². The molecule has 0 atom stereocenters. The van der Waals surface area contributed by atoms with Gasteiger partial charge in [0.1, 0.15) is 0 Å². The summed E-state index contributed by atoms with van der Waals surface area (Å²) in [5, 5.41) is 11.0. The highest BCUT2D eigenvalue weighted by Gasteiger charge is 2.04. The second-order valence-electron chi connectivity index (χ2n) is 3.76. The molecule has 0 unspecified atom stereocenters. The Balaban J connectivity index is 2.30. The molecule has 0 aromatic carbocycles. The van der Waals surface area contributed by atoms with Gasteiger partial charge >= 0.3 is 0 Å². The molecule has 15 heavy (non-hydrogen) atoms. The van der Waals surface area contributed by atoms with Gasteiger partial charge in [-0.15, -0.1) is 0 Å². The Hall–Kier alpha value is -0.870. The van der Waals surface area contributed by atoms with Gasteiger partial charge in [0.05, 0.1) is 5.69 Å². The molecule has 0 aliphatic rings. The highest BCUT2D eigenvalue weighted by atomic mass is 15.3. The number of hydrogen-bond donors (Lipinski definition) is 2. The average molecular weight is 210 g/mol. The van der Waals surface area contributed by atoms with Crippen molar-refractivity contribution in [2.75, 3.05) is 20.1 Å². The van der Waals surface area contributed by atoms with Crippen LogP contribution in [0.5, 0.6) is 0 Å². The predicted molar refractivity (Wildman–Crippen MR) is 62.8 cm³/mol. The second-order valence-corrected chi connectivity index (χ2v) is 3.76. The molecule has 0 aliphatic carbocycles. The largest absolute Gasteiger partial charge is 0.320 e. The summed E-state index contributed by atoms with van der Waals surface area (Å²) in [6.07, 6.45) is 4.27. The Morgan fingerprint density at radius 2 is 2.20 bits per heavy atom. The van der Waals surface area contributed by atoms with E-state index in [4.69, 9.17) is 0 Å². The molecular weight excluding hydrogens is 188 g/mol. The quantitative estimate of drug-likeness (QED) is 0.650. The zero-order chi connectivity index (χ0) is 11.1. The SMILES string of the molecule is CCc1nn(C)cc1CNCCCNC. The van der Waals surface area contributed by atoms with E-state index in [0.717, 1.165) is 32.5 Å². The first-order chi connectivity index (χ1) is 7.27. The van der Waals surface area contributed by atoms with Gasteiger partial charge in [-0.2, -0.15) is 5.10 Å². The van der Waals surface area contributed by atoms with Crippen molar-refractivity contribution < 1.29 is 0 Å². The summed E-state index contributed by atoms with van der Waals surface area (Å²) >= 11 is 0. The Labute approximate surface area is 92.1 Å². The van der Waals surface area contributed by atoms with Gasteiger partial charge < -0.3 is 10.6 Å². The van der Waals surface area contributed by atoms with E-state index >= 15 is 0 Å². The smallest absolute Gasteiger partial charge is 0.0666 e. The highest BCUT2D eigenvalue weighted by molar-refractivity contribution is 5.16. The minimum atomic E-state index is 0.931. The lowest BCUT2D eigenvalue weighted by Gasteiger charge is -2.03. The average Bonchev–Trinajstić information content (AvgIpc) is 2.59. The van der Waals surface area contributed by atoms with Crippen LogP contribution in [-0.4, -0.2) is 29.9 Å². The monoisotopic (exact) mass is 210 g/mol. The second kappa shape index (κ2) is 6.58. The minimum absolute atomic E-state index is 0.931. The molecule has 0 radical (unpaired) electrons. The molecule has 2 N–H and O–H groups in total. The fourth-order valence-electron chi connectivity index (χ4n) is 1.64. The van der Waals surface area contributed by atoms with Crippen LogP contribution in [0.4, 0.5) is 0 Å². The molecular formula is C11H22N4. The third kappa shape index (κ3) is 4.01.